The SMILES string of the molecule is CCC(C)(C)C(=O)NCc1nc2cc(F)ccc2n1C. The quantitative estimate of drug-likeness (QED) is 0.934. The summed E-state index contributed by atoms with van der Waals surface area (Å²) in [7, 11) is 1.86. The van der Waals surface area contributed by atoms with E-state index in [1.54, 1.807) is 6.07 Å². The van der Waals surface area contributed by atoms with Gasteiger partial charge in [0, 0.05) is 18.5 Å². The van der Waals surface area contributed by atoms with E-state index in [9.17, 15) is 9.18 Å². The molecule has 5 heteroatoms. The van der Waals surface area contributed by atoms with Gasteiger partial charge < -0.3 is 9.88 Å². The summed E-state index contributed by atoms with van der Waals surface area (Å²) in [5, 5.41) is 2.89. The number of rotatable bonds is 4. The van der Waals surface area contributed by atoms with Crippen molar-refractivity contribution in [2.75, 3.05) is 0 Å². The Morgan fingerprint density at radius 1 is 1.45 bits per heavy atom. The maximum atomic E-state index is 13.2. The van der Waals surface area contributed by atoms with Crippen LogP contribution < -0.4 is 5.32 Å². The summed E-state index contributed by atoms with van der Waals surface area (Å²) in [6, 6.07) is 4.50. The molecule has 0 saturated heterocycles. The first-order chi connectivity index (χ1) is 9.35. The van der Waals surface area contributed by atoms with Gasteiger partial charge >= 0.3 is 0 Å². The predicted octanol–water partition coefficient (Wildman–Crippen LogP) is 2.76. The van der Waals surface area contributed by atoms with Crippen LogP contribution in [0, 0.1) is 11.2 Å². The first-order valence-corrected chi connectivity index (χ1v) is 6.74. The van der Waals surface area contributed by atoms with Crippen molar-refractivity contribution >= 4 is 16.9 Å². The summed E-state index contributed by atoms with van der Waals surface area (Å²) >= 11 is 0. The van der Waals surface area contributed by atoms with E-state index >= 15 is 0 Å². The van der Waals surface area contributed by atoms with E-state index in [-0.39, 0.29) is 11.7 Å². The summed E-state index contributed by atoms with van der Waals surface area (Å²) in [6.07, 6.45) is 0.770. The molecule has 0 spiro atoms. The molecule has 0 saturated carbocycles. The normalized spacial score (nSPS) is 11.8. The number of carbonyl (C=O) groups is 1. The minimum Gasteiger partial charge on any atom is -0.348 e. The average molecular weight is 277 g/mol. The molecule has 0 fully saturated rings. The number of nitrogens with zero attached hydrogens (tertiary/aromatic N) is 2. The van der Waals surface area contributed by atoms with Crippen molar-refractivity contribution in [3.8, 4) is 0 Å². The molecule has 1 N–H and O–H groups in total. The Morgan fingerprint density at radius 3 is 2.80 bits per heavy atom. The van der Waals surface area contributed by atoms with Crippen LogP contribution in [0.4, 0.5) is 4.39 Å². The molecular weight excluding hydrogens is 257 g/mol. The summed E-state index contributed by atoms with van der Waals surface area (Å²) in [5.41, 5.74) is 1.06. The molecule has 0 aliphatic rings. The number of fused-ring (bicyclic) bond motifs is 1. The zero-order valence-corrected chi connectivity index (χ0v) is 12.3. The van der Waals surface area contributed by atoms with E-state index < -0.39 is 5.41 Å². The number of amides is 1. The number of hydrogen-bond donors (Lipinski definition) is 1. The molecule has 0 bridgehead atoms. The Hall–Kier alpha value is -1.91. The molecule has 0 atom stereocenters. The molecule has 1 heterocycles. The molecule has 2 aromatic rings. The number of aromatic nitrogens is 2. The van der Waals surface area contributed by atoms with E-state index in [2.05, 4.69) is 10.3 Å². The van der Waals surface area contributed by atoms with Crippen LogP contribution in [0.2, 0.25) is 0 Å². The molecular formula is C15H20FN3O. The Labute approximate surface area is 118 Å². The number of nitrogens with one attached hydrogen (secondary N) is 1. The van der Waals surface area contributed by atoms with E-state index in [0.717, 1.165) is 11.9 Å². The topological polar surface area (TPSA) is 46.9 Å². The molecule has 0 aliphatic carbocycles. The number of carbonyl (C=O) groups excluding carboxylic acids is 1. The first kappa shape index (κ1) is 14.5. The number of hydrogen-bond acceptors (Lipinski definition) is 2. The van der Waals surface area contributed by atoms with Gasteiger partial charge in [-0.2, -0.15) is 0 Å². The third kappa shape index (κ3) is 2.66. The molecule has 108 valence electrons. The highest BCUT2D eigenvalue weighted by Crippen LogP contribution is 2.20. The van der Waals surface area contributed by atoms with E-state index in [1.165, 1.54) is 12.1 Å². The van der Waals surface area contributed by atoms with Gasteiger partial charge in [0.2, 0.25) is 5.91 Å². The van der Waals surface area contributed by atoms with Crippen LogP contribution >= 0.6 is 0 Å². The molecule has 0 aliphatic heterocycles. The van der Waals surface area contributed by atoms with Crippen molar-refractivity contribution in [3.63, 3.8) is 0 Å². The molecule has 1 aromatic heterocycles. The fourth-order valence-electron chi connectivity index (χ4n) is 1.94. The van der Waals surface area contributed by atoms with Gasteiger partial charge in [0.1, 0.15) is 11.6 Å². The lowest BCUT2D eigenvalue weighted by Gasteiger charge is -2.21. The molecule has 4 nitrogen and oxygen atoms in total. The third-order valence-corrected chi connectivity index (χ3v) is 3.84. The molecule has 1 aromatic carbocycles. The second kappa shape index (κ2) is 5.23. The first-order valence-electron chi connectivity index (χ1n) is 6.74. The van der Waals surface area contributed by atoms with Crippen molar-refractivity contribution in [3.05, 3.63) is 29.8 Å². The van der Waals surface area contributed by atoms with Gasteiger partial charge in [-0.15, -0.1) is 0 Å². The fraction of sp³-hybridized carbons (Fsp3) is 0.467. The Balaban J connectivity index is 2.19. The van der Waals surface area contributed by atoms with Gasteiger partial charge in [0.15, 0.2) is 0 Å². The lowest BCUT2D eigenvalue weighted by Crippen LogP contribution is -2.36. The van der Waals surface area contributed by atoms with Gasteiger partial charge in [-0.05, 0) is 18.6 Å². The van der Waals surface area contributed by atoms with Gasteiger partial charge in [0.05, 0.1) is 17.6 Å². The smallest absolute Gasteiger partial charge is 0.226 e. The van der Waals surface area contributed by atoms with Crippen molar-refractivity contribution in [1.29, 1.82) is 0 Å². The van der Waals surface area contributed by atoms with Gasteiger partial charge in [-0.3, -0.25) is 4.79 Å². The number of halogens is 1. The van der Waals surface area contributed by atoms with E-state index in [4.69, 9.17) is 0 Å². The van der Waals surface area contributed by atoms with Crippen LogP contribution in [0.3, 0.4) is 0 Å². The summed E-state index contributed by atoms with van der Waals surface area (Å²) < 4.78 is 15.0. The predicted molar refractivity (Wildman–Crippen MR) is 76.6 cm³/mol. The maximum absolute atomic E-state index is 13.2. The highest BCUT2D eigenvalue weighted by Gasteiger charge is 2.25. The lowest BCUT2D eigenvalue weighted by molar-refractivity contribution is -0.129. The van der Waals surface area contributed by atoms with Crippen LogP contribution in [0.25, 0.3) is 11.0 Å². The van der Waals surface area contributed by atoms with Crippen LogP contribution in [0.5, 0.6) is 0 Å². The second-order valence-electron chi connectivity index (χ2n) is 5.64. The molecule has 20 heavy (non-hydrogen) atoms. The Morgan fingerprint density at radius 2 is 2.15 bits per heavy atom. The van der Waals surface area contributed by atoms with E-state index in [0.29, 0.717) is 17.9 Å². The Kier molecular flexibility index (Phi) is 3.79. The average Bonchev–Trinajstić information content (AvgIpc) is 2.72. The van der Waals surface area contributed by atoms with Gasteiger partial charge in [0.25, 0.3) is 0 Å². The minimum atomic E-state index is -0.392. The van der Waals surface area contributed by atoms with Crippen LogP contribution in [-0.4, -0.2) is 15.5 Å². The molecule has 0 radical (unpaired) electrons. The van der Waals surface area contributed by atoms with Crippen LogP contribution in [0.15, 0.2) is 18.2 Å². The Bertz CT molecular complexity index is 646. The minimum absolute atomic E-state index is 0.00163. The van der Waals surface area contributed by atoms with Crippen LogP contribution in [0.1, 0.15) is 33.0 Å². The zero-order chi connectivity index (χ0) is 14.9. The number of aryl methyl sites for hydroxylation is 1. The van der Waals surface area contributed by atoms with Crippen molar-refractivity contribution in [2.24, 2.45) is 12.5 Å². The van der Waals surface area contributed by atoms with Gasteiger partial charge in [-0.25, -0.2) is 9.37 Å². The highest BCUT2D eigenvalue weighted by molar-refractivity contribution is 5.82. The summed E-state index contributed by atoms with van der Waals surface area (Å²) in [5.74, 6) is 0.405. The van der Waals surface area contributed by atoms with Crippen molar-refractivity contribution in [2.45, 2.75) is 33.7 Å². The van der Waals surface area contributed by atoms with Gasteiger partial charge in [-0.1, -0.05) is 20.8 Å². The molecule has 2 rings (SSSR count). The van der Waals surface area contributed by atoms with Crippen molar-refractivity contribution < 1.29 is 9.18 Å². The van der Waals surface area contributed by atoms with Crippen LogP contribution in [-0.2, 0) is 18.4 Å². The summed E-state index contributed by atoms with van der Waals surface area (Å²) in [4.78, 5) is 16.4. The fourth-order valence-corrected chi connectivity index (χ4v) is 1.94. The van der Waals surface area contributed by atoms with E-state index in [1.807, 2.05) is 32.4 Å². The lowest BCUT2D eigenvalue weighted by atomic mass is 9.89. The largest absolute Gasteiger partial charge is 0.348 e. The monoisotopic (exact) mass is 277 g/mol. The molecule has 1 amide bonds. The number of imidazole rings is 1. The number of benzene rings is 1. The highest BCUT2D eigenvalue weighted by atomic mass is 19.1. The van der Waals surface area contributed by atoms with Crippen molar-refractivity contribution in [1.82, 2.24) is 14.9 Å². The standard InChI is InChI=1S/C15H20FN3O/c1-5-15(2,3)14(20)17-9-13-18-11-8-10(16)6-7-12(11)19(13)4/h6-8H,5,9H2,1-4H3,(H,17,20). The molecule has 0 unspecified atom stereocenters. The summed E-state index contributed by atoms with van der Waals surface area (Å²) in [6.45, 7) is 6.14. The second-order valence-corrected chi connectivity index (χ2v) is 5.64. The maximum Gasteiger partial charge on any atom is 0.226 e. The zero-order valence-electron chi connectivity index (χ0n) is 12.3. The third-order valence-electron chi connectivity index (χ3n) is 3.84.